The van der Waals surface area contributed by atoms with Gasteiger partial charge in [0.2, 0.25) is 0 Å². The third kappa shape index (κ3) is 8.01. The van der Waals surface area contributed by atoms with Crippen LogP contribution >= 0.6 is 0 Å². The molecule has 2 amide bonds. The molecule has 0 unspecified atom stereocenters. The molecule has 0 spiro atoms. The van der Waals surface area contributed by atoms with E-state index in [1.165, 1.54) is 13.8 Å². The second-order valence-corrected chi connectivity index (χ2v) is 7.79. The maximum Gasteiger partial charge on any atom is -1.00 e. The maximum absolute atomic E-state index is 10.7. The van der Waals surface area contributed by atoms with Gasteiger partial charge in [-0.05, 0) is 0 Å². The summed E-state index contributed by atoms with van der Waals surface area (Å²) in [6, 6.07) is 0. The Bertz CT molecular complexity index is 162. The first-order valence-corrected chi connectivity index (χ1v) is 6.41. The van der Waals surface area contributed by atoms with E-state index in [0.29, 0.717) is 0 Å². The number of hydrogen-bond acceptors (Lipinski definition) is 2. The van der Waals surface area contributed by atoms with Crippen molar-refractivity contribution in [2.24, 2.45) is 0 Å². The molecule has 0 aliphatic carbocycles. The van der Waals surface area contributed by atoms with E-state index < -0.39 is 23.5 Å². The van der Waals surface area contributed by atoms with Gasteiger partial charge in [-0.15, -0.1) is 0 Å². The van der Waals surface area contributed by atoms with Crippen molar-refractivity contribution >= 4 is 11.8 Å². The maximum atomic E-state index is 10.7. The molecule has 0 aromatic rings. The van der Waals surface area contributed by atoms with E-state index in [9.17, 15) is 9.59 Å². The minimum atomic E-state index is -1.35. The van der Waals surface area contributed by atoms with E-state index in [0.717, 1.165) is 0 Å². The summed E-state index contributed by atoms with van der Waals surface area (Å²) in [6.07, 6.45) is 0. The Labute approximate surface area is 88.1 Å². The Morgan fingerprint density at radius 3 is 1.31 bits per heavy atom. The van der Waals surface area contributed by atoms with Crippen molar-refractivity contribution in [2.75, 3.05) is 14.1 Å². The van der Waals surface area contributed by atoms with E-state index >= 15 is 0 Å². The van der Waals surface area contributed by atoms with Gasteiger partial charge in [-0.1, -0.05) is 0 Å². The molecule has 7 heteroatoms. The molecule has 0 heterocycles. The smallest absolute Gasteiger partial charge is 1.00 e. The van der Waals surface area contributed by atoms with Crippen LogP contribution in [0, 0.1) is 0 Å². The SMILES string of the molecule is CC(=O)[N](C)[Hf+2][N](C)C(C)=O.[F-].[F-]. The molecule has 0 bridgehead atoms. The Hall–Kier alpha value is -0.330. The number of carbonyl (C=O) groups excluding carboxylic acids is 2. The van der Waals surface area contributed by atoms with Crippen molar-refractivity contribution in [1.29, 1.82) is 0 Å². The van der Waals surface area contributed by atoms with Gasteiger partial charge in [-0.3, -0.25) is 0 Å². The summed E-state index contributed by atoms with van der Waals surface area (Å²) in [5.41, 5.74) is 0. The van der Waals surface area contributed by atoms with Gasteiger partial charge in [0.15, 0.2) is 0 Å². The molecule has 0 aromatic carbocycles. The number of halogens is 2. The normalized spacial score (nSPS) is 7.08. The number of nitrogens with zero attached hydrogens (tertiary/aromatic N) is 2. The van der Waals surface area contributed by atoms with Gasteiger partial charge in [0.25, 0.3) is 0 Å². The minimum Gasteiger partial charge on any atom is -1.00 e. The molecule has 0 aliphatic rings. The van der Waals surface area contributed by atoms with Crippen LogP contribution in [0.3, 0.4) is 0 Å². The van der Waals surface area contributed by atoms with E-state index in [1.807, 2.05) is 0 Å². The first-order chi connectivity index (χ1) is 4.95. The fraction of sp³-hybridized carbons (Fsp3) is 0.667. The molecule has 0 saturated heterocycles. The zero-order valence-corrected chi connectivity index (χ0v) is 11.6. The molecule has 0 rings (SSSR count). The van der Waals surface area contributed by atoms with Gasteiger partial charge in [-0.25, -0.2) is 0 Å². The van der Waals surface area contributed by atoms with Gasteiger partial charge in [0.1, 0.15) is 0 Å². The Morgan fingerprint density at radius 2 is 1.15 bits per heavy atom. The molecule has 13 heavy (non-hydrogen) atoms. The number of amides is 2. The number of carbonyl (C=O) groups is 2. The van der Waals surface area contributed by atoms with Crippen molar-refractivity contribution < 1.29 is 42.5 Å². The first kappa shape index (κ1) is 18.5. The van der Waals surface area contributed by atoms with E-state index in [4.69, 9.17) is 0 Å². The average Bonchev–Trinajstić information content (AvgIpc) is 1.87. The molecule has 76 valence electrons. The van der Waals surface area contributed by atoms with Gasteiger partial charge >= 0.3 is 78.6 Å². The van der Waals surface area contributed by atoms with Crippen LogP contribution in [0.1, 0.15) is 13.8 Å². The Morgan fingerprint density at radius 1 is 0.923 bits per heavy atom. The second-order valence-electron chi connectivity index (χ2n) is 2.26. The number of hydrogen-bond donors (Lipinski definition) is 0. The van der Waals surface area contributed by atoms with E-state index in [-0.39, 0.29) is 21.2 Å². The van der Waals surface area contributed by atoms with E-state index in [2.05, 4.69) is 0 Å². The third-order valence-corrected chi connectivity index (χ3v) is 5.66. The summed E-state index contributed by atoms with van der Waals surface area (Å²) in [5.74, 6) is 0.0860. The molecule has 0 N–H and O–H groups in total. The summed E-state index contributed by atoms with van der Waals surface area (Å²) in [7, 11) is 3.48. The van der Waals surface area contributed by atoms with Crippen LogP contribution in [0.4, 0.5) is 0 Å². The largest absolute Gasteiger partial charge is 1.00 e. The van der Waals surface area contributed by atoms with Crippen LogP contribution in [0.2, 0.25) is 0 Å². The minimum absolute atomic E-state index is 0. The molecule has 0 fully saturated rings. The van der Waals surface area contributed by atoms with Crippen LogP contribution in [0.15, 0.2) is 0 Å². The summed E-state index contributed by atoms with van der Waals surface area (Å²) in [5, 5.41) is 0. The second kappa shape index (κ2) is 8.28. The van der Waals surface area contributed by atoms with Gasteiger partial charge < -0.3 is 9.41 Å². The zero-order valence-electron chi connectivity index (χ0n) is 7.97. The zero-order chi connectivity index (χ0) is 9.02. The van der Waals surface area contributed by atoms with Crippen LogP contribution in [-0.2, 0) is 33.1 Å². The molecule has 4 nitrogen and oxygen atoms in total. The number of rotatable bonds is 2. The molecule has 0 saturated carbocycles. The summed E-state index contributed by atoms with van der Waals surface area (Å²) in [6.45, 7) is 3.03. The third-order valence-electron chi connectivity index (χ3n) is 1.24. The summed E-state index contributed by atoms with van der Waals surface area (Å²) >= 11 is -1.35. The fourth-order valence-electron chi connectivity index (χ4n) is 0.366. The predicted molar refractivity (Wildman–Crippen MR) is 36.9 cm³/mol. The molecule has 0 aromatic heterocycles. The van der Waals surface area contributed by atoms with Gasteiger partial charge in [-0.2, -0.15) is 0 Å². The van der Waals surface area contributed by atoms with Crippen molar-refractivity contribution in [3.8, 4) is 0 Å². The first-order valence-electron chi connectivity index (χ1n) is 3.20. The summed E-state index contributed by atoms with van der Waals surface area (Å²) in [4.78, 5) is 21.5. The quantitative estimate of drug-likeness (QED) is 0.460. The standard InChI is InChI=1S/2C3H7NO.2FH.Hf/c2*1-3(5)4-2;;;/h2*1-2H3,(H,4,5);2*1H;/q;;;;+4/p-4. The monoisotopic (exact) mass is 362 g/mol. The molecular weight excluding hydrogens is 349 g/mol. The predicted octanol–water partition coefficient (Wildman–Crippen LogP) is -6.14. The fourth-order valence-corrected chi connectivity index (χ4v) is 2.99. The van der Waals surface area contributed by atoms with Crippen molar-refractivity contribution in [1.82, 2.24) is 5.78 Å². The van der Waals surface area contributed by atoms with Gasteiger partial charge in [0, 0.05) is 0 Å². The molecule has 0 radical (unpaired) electrons. The van der Waals surface area contributed by atoms with Crippen LogP contribution in [0.5, 0.6) is 0 Å². The van der Waals surface area contributed by atoms with Crippen LogP contribution in [-0.4, -0.2) is 31.7 Å². The molecular formula is C6H12F2HfN2O2. The van der Waals surface area contributed by atoms with Crippen molar-refractivity contribution in [3.63, 3.8) is 0 Å². The van der Waals surface area contributed by atoms with Crippen molar-refractivity contribution in [2.45, 2.75) is 13.8 Å². The molecule has 0 atom stereocenters. The Balaban J connectivity index is -0.000000500. The van der Waals surface area contributed by atoms with Crippen molar-refractivity contribution in [3.05, 3.63) is 0 Å². The average molecular weight is 361 g/mol. The van der Waals surface area contributed by atoms with Crippen LogP contribution in [0.25, 0.3) is 0 Å². The Kier molecular flexibility index (Phi) is 11.7. The topological polar surface area (TPSA) is 40.6 Å². The van der Waals surface area contributed by atoms with E-state index in [1.54, 1.807) is 19.9 Å². The van der Waals surface area contributed by atoms with Gasteiger partial charge in [0.05, 0.1) is 0 Å². The summed E-state index contributed by atoms with van der Waals surface area (Å²) < 4.78 is 3.34. The van der Waals surface area contributed by atoms with Crippen LogP contribution < -0.4 is 9.41 Å². The molecule has 0 aliphatic heterocycles.